The molecule has 1 aromatic heterocycles. The van der Waals surface area contributed by atoms with E-state index in [-0.39, 0.29) is 10.5 Å². The fraction of sp³-hybridized carbons (Fsp3) is 0. The summed E-state index contributed by atoms with van der Waals surface area (Å²) in [6, 6.07) is 4.67. The largest absolute Gasteiger partial charge is 0.318 e. The third kappa shape index (κ3) is 1.44. The summed E-state index contributed by atoms with van der Waals surface area (Å²) in [6.07, 6.45) is 0. The Labute approximate surface area is 91.8 Å². The van der Waals surface area contributed by atoms with Gasteiger partial charge in [0, 0.05) is 5.39 Å². The number of fused-ring (bicyclic) bond motifs is 1. The Morgan fingerprint density at radius 2 is 2.14 bits per heavy atom. The third-order valence-corrected chi connectivity index (χ3v) is 2.76. The molecule has 0 saturated carbocycles. The second-order valence-electron chi connectivity index (χ2n) is 2.77. The average Bonchev–Trinajstić information content (AvgIpc) is 2.15. The lowest BCUT2D eigenvalue weighted by atomic mass is 10.2. The van der Waals surface area contributed by atoms with Crippen molar-refractivity contribution >= 4 is 38.4 Å². The lowest BCUT2D eigenvalue weighted by Gasteiger charge is -2.01. The van der Waals surface area contributed by atoms with E-state index in [1.165, 1.54) is 6.07 Å². The standard InChI is InChI=1S/C9H4BrClFNO/c10-5-2-1-4-3-6(11)9(14)13-8(4)7(5)12/h1-3H,(H,13,14). The second-order valence-corrected chi connectivity index (χ2v) is 4.03. The van der Waals surface area contributed by atoms with Crippen molar-refractivity contribution in [2.45, 2.75) is 0 Å². The number of hydrogen-bond donors (Lipinski definition) is 1. The Balaban J connectivity index is 2.97. The van der Waals surface area contributed by atoms with Crippen molar-refractivity contribution in [3.63, 3.8) is 0 Å². The summed E-state index contributed by atoms with van der Waals surface area (Å²) in [5.41, 5.74) is -0.329. The number of aromatic nitrogens is 1. The maximum Gasteiger partial charge on any atom is 0.267 e. The van der Waals surface area contributed by atoms with Crippen molar-refractivity contribution in [3.8, 4) is 0 Å². The van der Waals surface area contributed by atoms with Gasteiger partial charge in [-0.25, -0.2) is 4.39 Å². The van der Waals surface area contributed by atoms with E-state index in [9.17, 15) is 9.18 Å². The average molecular weight is 276 g/mol. The molecule has 0 fully saturated rings. The number of aromatic amines is 1. The van der Waals surface area contributed by atoms with Gasteiger partial charge in [-0.15, -0.1) is 0 Å². The van der Waals surface area contributed by atoms with Crippen molar-refractivity contribution in [2.75, 3.05) is 0 Å². The number of nitrogens with one attached hydrogen (secondary N) is 1. The minimum atomic E-state index is -0.490. The molecule has 2 aromatic rings. The molecule has 1 aromatic carbocycles. The van der Waals surface area contributed by atoms with Crippen LogP contribution in [0.5, 0.6) is 0 Å². The molecule has 2 rings (SSSR count). The first-order chi connectivity index (χ1) is 6.59. The van der Waals surface area contributed by atoms with Crippen LogP contribution in [0.4, 0.5) is 4.39 Å². The SMILES string of the molecule is O=c1[nH]c2c(F)c(Br)ccc2cc1Cl. The van der Waals surface area contributed by atoms with Crippen molar-refractivity contribution in [3.05, 3.63) is 43.9 Å². The summed E-state index contributed by atoms with van der Waals surface area (Å²) in [5.74, 6) is -0.490. The maximum absolute atomic E-state index is 13.4. The van der Waals surface area contributed by atoms with Crippen molar-refractivity contribution in [1.82, 2.24) is 4.98 Å². The first kappa shape index (κ1) is 9.68. The van der Waals surface area contributed by atoms with Crippen LogP contribution in [0.25, 0.3) is 10.9 Å². The summed E-state index contributed by atoms with van der Waals surface area (Å²) in [5, 5.41) is 0.620. The van der Waals surface area contributed by atoms with Crippen molar-refractivity contribution in [2.24, 2.45) is 0 Å². The molecule has 5 heteroatoms. The smallest absolute Gasteiger partial charge is 0.267 e. The Bertz CT molecular complexity index is 566. The van der Waals surface area contributed by atoms with Gasteiger partial charge in [0.25, 0.3) is 5.56 Å². The zero-order valence-electron chi connectivity index (χ0n) is 6.77. The van der Waals surface area contributed by atoms with E-state index in [1.54, 1.807) is 12.1 Å². The highest BCUT2D eigenvalue weighted by molar-refractivity contribution is 9.10. The summed E-state index contributed by atoms with van der Waals surface area (Å²) < 4.78 is 13.8. The van der Waals surface area contributed by atoms with Crippen LogP contribution in [0.2, 0.25) is 5.02 Å². The highest BCUT2D eigenvalue weighted by atomic mass is 79.9. The van der Waals surface area contributed by atoms with Gasteiger partial charge in [-0.2, -0.15) is 0 Å². The van der Waals surface area contributed by atoms with Crippen LogP contribution in [0.15, 0.2) is 27.5 Å². The van der Waals surface area contributed by atoms with Gasteiger partial charge in [0.05, 0.1) is 9.99 Å². The number of benzene rings is 1. The van der Waals surface area contributed by atoms with E-state index in [0.29, 0.717) is 9.86 Å². The fourth-order valence-corrected chi connectivity index (χ4v) is 1.68. The highest BCUT2D eigenvalue weighted by Gasteiger charge is 2.07. The molecule has 2 nitrogen and oxygen atoms in total. The summed E-state index contributed by atoms with van der Waals surface area (Å²) in [6.45, 7) is 0. The third-order valence-electron chi connectivity index (χ3n) is 1.86. The molecule has 1 heterocycles. The first-order valence-electron chi connectivity index (χ1n) is 3.76. The quantitative estimate of drug-likeness (QED) is 0.788. The molecule has 0 aliphatic heterocycles. The van der Waals surface area contributed by atoms with Gasteiger partial charge in [-0.05, 0) is 28.1 Å². The monoisotopic (exact) mass is 275 g/mol. The molecule has 0 bridgehead atoms. The number of halogens is 3. The van der Waals surface area contributed by atoms with E-state index in [1.807, 2.05) is 0 Å². The molecule has 72 valence electrons. The number of rotatable bonds is 0. The van der Waals surface area contributed by atoms with Crippen molar-refractivity contribution in [1.29, 1.82) is 0 Å². The van der Waals surface area contributed by atoms with Gasteiger partial charge < -0.3 is 4.98 Å². The summed E-state index contributed by atoms with van der Waals surface area (Å²) in [7, 11) is 0. The Kier molecular flexibility index (Phi) is 2.33. The molecule has 1 N–H and O–H groups in total. The number of hydrogen-bond acceptors (Lipinski definition) is 1. The molecule has 0 aliphatic carbocycles. The van der Waals surface area contributed by atoms with E-state index in [0.717, 1.165) is 0 Å². The predicted molar refractivity (Wildman–Crippen MR) is 57.2 cm³/mol. The van der Waals surface area contributed by atoms with Gasteiger partial charge in [-0.1, -0.05) is 17.7 Å². The van der Waals surface area contributed by atoms with E-state index < -0.39 is 11.4 Å². The van der Waals surface area contributed by atoms with Crippen LogP contribution in [-0.2, 0) is 0 Å². The highest BCUT2D eigenvalue weighted by Crippen LogP contribution is 2.23. The van der Waals surface area contributed by atoms with Crippen molar-refractivity contribution < 1.29 is 4.39 Å². The zero-order valence-corrected chi connectivity index (χ0v) is 9.12. The van der Waals surface area contributed by atoms with Gasteiger partial charge in [0.2, 0.25) is 0 Å². The van der Waals surface area contributed by atoms with Crippen LogP contribution in [-0.4, -0.2) is 4.98 Å². The minimum Gasteiger partial charge on any atom is -0.318 e. The molecule has 0 amide bonds. The molecule has 0 spiro atoms. The van der Waals surface area contributed by atoms with Gasteiger partial charge in [0.1, 0.15) is 5.02 Å². The summed E-state index contributed by atoms with van der Waals surface area (Å²) in [4.78, 5) is 13.5. The van der Waals surface area contributed by atoms with E-state index in [2.05, 4.69) is 20.9 Å². The molecular weight excluding hydrogens is 272 g/mol. The van der Waals surface area contributed by atoms with E-state index in [4.69, 9.17) is 11.6 Å². The van der Waals surface area contributed by atoms with E-state index >= 15 is 0 Å². The Hall–Kier alpha value is -0.870. The number of H-pyrrole nitrogens is 1. The predicted octanol–water partition coefficient (Wildman–Crippen LogP) is 3.08. The zero-order chi connectivity index (χ0) is 10.3. The maximum atomic E-state index is 13.4. The van der Waals surface area contributed by atoms with Crippen LogP contribution < -0.4 is 5.56 Å². The lowest BCUT2D eigenvalue weighted by molar-refractivity contribution is 0.630. The van der Waals surface area contributed by atoms with Crippen LogP contribution in [0, 0.1) is 5.82 Å². The second kappa shape index (κ2) is 3.37. The molecular formula is C9H4BrClFNO. The lowest BCUT2D eigenvalue weighted by Crippen LogP contribution is -2.06. The topological polar surface area (TPSA) is 32.9 Å². The van der Waals surface area contributed by atoms with Gasteiger partial charge in [-0.3, -0.25) is 4.79 Å². The summed E-state index contributed by atoms with van der Waals surface area (Å²) >= 11 is 8.63. The van der Waals surface area contributed by atoms with Crippen LogP contribution in [0.3, 0.4) is 0 Å². The van der Waals surface area contributed by atoms with Crippen LogP contribution in [0.1, 0.15) is 0 Å². The Morgan fingerprint density at radius 3 is 2.86 bits per heavy atom. The Morgan fingerprint density at radius 1 is 1.43 bits per heavy atom. The molecule has 0 unspecified atom stereocenters. The van der Waals surface area contributed by atoms with Crippen LogP contribution >= 0.6 is 27.5 Å². The molecule has 0 atom stereocenters. The number of pyridine rings is 1. The molecule has 0 radical (unpaired) electrons. The molecule has 0 saturated heterocycles. The fourth-order valence-electron chi connectivity index (χ4n) is 1.19. The van der Waals surface area contributed by atoms with Gasteiger partial charge in [0.15, 0.2) is 5.82 Å². The van der Waals surface area contributed by atoms with Gasteiger partial charge >= 0.3 is 0 Å². The normalized spacial score (nSPS) is 10.8. The minimum absolute atomic E-state index is 0.0548. The molecule has 14 heavy (non-hydrogen) atoms. The molecule has 0 aliphatic rings. The first-order valence-corrected chi connectivity index (χ1v) is 4.93.